The summed E-state index contributed by atoms with van der Waals surface area (Å²) in [5.41, 5.74) is 2.25. The van der Waals surface area contributed by atoms with Gasteiger partial charge in [-0.25, -0.2) is 0 Å². The summed E-state index contributed by atoms with van der Waals surface area (Å²) in [4.78, 5) is 15.2. The number of aldehydes is 1. The summed E-state index contributed by atoms with van der Waals surface area (Å²) in [5.74, 6) is 0. The van der Waals surface area contributed by atoms with Crippen LogP contribution in [0, 0.1) is 0 Å². The minimum atomic E-state index is -0.0950. The molecule has 74 valence electrons. The van der Waals surface area contributed by atoms with Gasteiger partial charge in [-0.2, -0.15) is 0 Å². The summed E-state index contributed by atoms with van der Waals surface area (Å²) in [7, 11) is 4.00. The van der Waals surface area contributed by atoms with Gasteiger partial charge in [0.25, 0.3) is 0 Å². The Morgan fingerprint density at radius 1 is 1.36 bits per heavy atom. The van der Waals surface area contributed by atoms with E-state index in [0.717, 1.165) is 24.2 Å². The van der Waals surface area contributed by atoms with Crippen LogP contribution in [0.25, 0.3) is 0 Å². The van der Waals surface area contributed by atoms with E-state index in [9.17, 15) is 4.79 Å². The average molecular weight is 190 g/mol. The van der Waals surface area contributed by atoms with Crippen molar-refractivity contribution in [3.8, 4) is 0 Å². The van der Waals surface area contributed by atoms with E-state index in [0.29, 0.717) is 0 Å². The van der Waals surface area contributed by atoms with Crippen molar-refractivity contribution in [1.82, 2.24) is 4.90 Å². The molecule has 0 bridgehead atoms. The normalized spacial score (nSPS) is 21.9. The van der Waals surface area contributed by atoms with Crippen LogP contribution in [0.4, 0.5) is 5.69 Å². The Balaban J connectivity index is 2.50. The number of benzene rings is 1. The first-order valence-electron chi connectivity index (χ1n) is 4.69. The summed E-state index contributed by atoms with van der Waals surface area (Å²) in [6.07, 6.45) is 1.01. The summed E-state index contributed by atoms with van der Waals surface area (Å²) >= 11 is 0. The molecule has 14 heavy (non-hydrogen) atoms. The molecule has 0 amide bonds. The van der Waals surface area contributed by atoms with Gasteiger partial charge in [-0.3, -0.25) is 4.90 Å². The van der Waals surface area contributed by atoms with Crippen LogP contribution >= 0.6 is 0 Å². The number of carbonyl (C=O) groups excluding carboxylic acids is 1. The molecule has 3 nitrogen and oxygen atoms in total. The molecule has 0 aliphatic carbocycles. The van der Waals surface area contributed by atoms with Gasteiger partial charge in [0.1, 0.15) is 6.29 Å². The maximum atomic E-state index is 11.0. The van der Waals surface area contributed by atoms with E-state index < -0.39 is 0 Å². The number of likely N-dealkylation sites (N-methyl/N-ethyl adjacent to an activating group) is 1. The third-order valence-corrected chi connectivity index (χ3v) is 2.71. The zero-order valence-corrected chi connectivity index (χ0v) is 8.47. The van der Waals surface area contributed by atoms with Crippen molar-refractivity contribution in [2.24, 2.45) is 0 Å². The van der Waals surface area contributed by atoms with Crippen molar-refractivity contribution in [3.63, 3.8) is 0 Å². The number of carbonyl (C=O) groups is 1. The van der Waals surface area contributed by atoms with Gasteiger partial charge in [-0.1, -0.05) is 18.2 Å². The highest BCUT2D eigenvalue weighted by atomic mass is 16.1. The highest BCUT2D eigenvalue weighted by molar-refractivity contribution is 5.70. The molecule has 1 aromatic carbocycles. The fourth-order valence-electron chi connectivity index (χ4n) is 2.00. The number of hydrogen-bond donors (Lipinski definition) is 0. The van der Waals surface area contributed by atoms with E-state index in [-0.39, 0.29) is 6.04 Å². The van der Waals surface area contributed by atoms with Crippen LogP contribution in [-0.2, 0) is 4.79 Å². The summed E-state index contributed by atoms with van der Waals surface area (Å²) in [6, 6.07) is 7.95. The van der Waals surface area contributed by atoms with Gasteiger partial charge in [0, 0.05) is 12.7 Å². The molecule has 0 N–H and O–H groups in total. The first-order valence-corrected chi connectivity index (χ1v) is 4.69. The number of fused-ring (bicyclic) bond motifs is 1. The number of hydrogen-bond acceptors (Lipinski definition) is 3. The van der Waals surface area contributed by atoms with Crippen molar-refractivity contribution < 1.29 is 4.79 Å². The van der Waals surface area contributed by atoms with E-state index >= 15 is 0 Å². The van der Waals surface area contributed by atoms with Crippen molar-refractivity contribution in [1.29, 1.82) is 0 Å². The van der Waals surface area contributed by atoms with Gasteiger partial charge < -0.3 is 9.69 Å². The second-order valence-electron chi connectivity index (χ2n) is 3.74. The van der Waals surface area contributed by atoms with Crippen molar-refractivity contribution in [2.45, 2.75) is 6.04 Å². The van der Waals surface area contributed by atoms with Crippen molar-refractivity contribution in [3.05, 3.63) is 29.8 Å². The molecule has 0 aromatic heterocycles. The minimum Gasteiger partial charge on any atom is -0.361 e. The number of nitrogens with zero attached hydrogens (tertiary/aromatic N) is 2. The van der Waals surface area contributed by atoms with Crippen LogP contribution in [0.15, 0.2) is 24.3 Å². The molecule has 3 heteroatoms. The SMILES string of the molecule is CN1CN(C)C(C=O)c2ccccc21. The predicted octanol–water partition coefficient (Wildman–Crippen LogP) is 1.27. The topological polar surface area (TPSA) is 23.6 Å². The van der Waals surface area contributed by atoms with Crippen LogP contribution in [0.2, 0.25) is 0 Å². The molecular weight excluding hydrogens is 176 g/mol. The first-order chi connectivity index (χ1) is 6.74. The lowest BCUT2D eigenvalue weighted by molar-refractivity contribution is -0.112. The van der Waals surface area contributed by atoms with E-state index in [1.54, 1.807) is 0 Å². The summed E-state index contributed by atoms with van der Waals surface area (Å²) in [6.45, 7) is 0.792. The maximum Gasteiger partial charge on any atom is 0.141 e. The zero-order chi connectivity index (χ0) is 10.1. The largest absolute Gasteiger partial charge is 0.361 e. The van der Waals surface area contributed by atoms with Crippen LogP contribution < -0.4 is 4.90 Å². The maximum absolute atomic E-state index is 11.0. The second kappa shape index (κ2) is 3.42. The molecule has 1 aliphatic heterocycles. The fourth-order valence-corrected chi connectivity index (χ4v) is 2.00. The lowest BCUT2D eigenvalue weighted by atomic mass is 10.0. The molecule has 0 radical (unpaired) electrons. The fraction of sp³-hybridized carbons (Fsp3) is 0.364. The van der Waals surface area contributed by atoms with Gasteiger partial charge in [0.2, 0.25) is 0 Å². The summed E-state index contributed by atoms with van der Waals surface area (Å²) in [5, 5.41) is 0. The molecule has 0 saturated heterocycles. The van der Waals surface area contributed by atoms with Crippen LogP contribution in [-0.4, -0.2) is 32.0 Å². The molecule has 1 unspecified atom stereocenters. The first kappa shape index (κ1) is 9.21. The molecule has 0 spiro atoms. The Morgan fingerprint density at radius 2 is 2.07 bits per heavy atom. The van der Waals surface area contributed by atoms with E-state index in [2.05, 4.69) is 11.0 Å². The van der Waals surface area contributed by atoms with Crippen LogP contribution in [0.3, 0.4) is 0 Å². The number of anilines is 1. The standard InChI is InChI=1S/C11H14N2O/c1-12-8-13(2)11(7-14)9-5-3-4-6-10(9)12/h3-7,11H,8H2,1-2H3. The smallest absolute Gasteiger partial charge is 0.141 e. The van der Waals surface area contributed by atoms with Gasteiger partial charge >= 0.3 is 0 Å². The Bertz CT molecular complexity index is 351. The Hall–Kier alpha value is -1.35. The quantitative estimate of drug-likeness (QED) is 0.623. The highest BCUT2D eigenvalue weighted by Crippen LogP contribution is 2.32. The zero-order valence-electron chi connectivity index (χ0n) is 8.47. The van der Waals surface area contributed by atoms with E-state index in [1.807, 2.05) is 37.2 Å². The average Bonchev–Trinajstić information content (AvgIpc) is 2.18. The Morgan fingerprint density at radius 3 is 2.79 bits per heavy atom. The third-order valence-electron chi connectivity index (χ3n) is 2.71. The Labute approximate surface area is 83.9 Å². The van der Waals surface area contributed by atoms with E-state index in [1.165, 1.54) is 0 Å². The van der Waals surface area contributed by atoms with E-state index in [4.69, 9.17) is 0 Å². The lowest BCUT2D eigenvalue weighted by Crippen LogP contribution is -2.41. The van der Waals surface area contributed by atoms with Crippen molar-refractivity contribution in [2.75, 3.05) is 25.7 Å². The van der Waals surface area contributed by atoms with Gasteiger partial charge in [0.05, 0.1) is 12.7 Å². The predicted molar refractivity (Wildman–Crippen MR) is 56.3 cm³/mol. The summed E-state index contributed by atoms with van der Waals surface area (Å²) < 4.78 is 0. The lowest BCUT2D eigenvalue weighted by Gasteiger charge is -2.37. The monoisotopic (exact) mass is 190 g/mol. The molecule has 1 aliphatic rings. The molecule has 0 saturated carbocycles. The molecule has 1 atom stereocenters. The highest BCUT2D eigenvalue weighted by Gasteiger charge is 2.26. The molecule has 0 fully saturated rings. The molecule has 2 rings (SSSR count). The Kier molecular flexibility index (Phi) is 2.25. The minimum absolute atomic E-state index is 0.0950. The van der Waals surface area contributed by atoms with Gasteiger partial charge in [-0.05, 0) is 18.7 Å². The second-order valence-corrected chi connectivity index (χ2v) is 3.74. The van der Waals surface area contributed by atoms with Crippen LogP contribution in [0.1, 0.15) is 11.6 Å². The van der Waals surface area contributed by atoms with Gasteiger partial charge in [-0.15, -0.1) is 0 Å². The van der Waals surface area contributed by atoms with Crippen LogP contribution in [0.5, 0.6) is 0 Å². The van der Waals surface area contributed by atoms with Crippen molar-refractivity contribution >= 4 is 12.0 Å². The molecule has 1 aromatic rings. The third kappa shape index (κ3) is 1.30. The molecular formula is C11H14N2O. The number of rotatable bonds is 1. The number of para-hydroxylation sites is 1. The van der Waals surface area contributed by atoms with Gasteiger partial charge in [0.15, 0.2) is 0 Å². The molecule has 1 heterocycles.